The normalized spacial score (nSPS) is 16.4. The maximum atomic E-state index is 3.44. The Labute approximate surface area is 124 Å². The molecule has 1 N–H and O–H groups in total. The summed E-state index contributed by atoms with van der Waals surface area (Å²) in [6.45, 7) is 9.10. The van der Waals surface area contributed by atoms with E-state index in [1.807, 2.05) is 0 Å². The van der Waals surface area contributed by atoms with E-state index in [-0.39, 0.29) is 12.4 Å². The Kier molecular flexibility index (Phi) is 6.84. The zero-order valence-electron chi connectivity index (χ0n) is 12.4. The quantitative estimate of drug-likeness (QED) is 0.913. The van der Waals surface area contributed by atoms with Crippen molar-refractivity contribution in [3.63, 3.8) is 0 Å². The van der Waals surface area contributed by atoms with E-state index in [4.69, 9.17) is 0 Å². The fourth-order valence-electron chi connectivity index (χ4n) is 2.83. The average molecular weight is 283 g/mol. The van der Waals surface area contributed by atoms with E-state index in [2.05, 4.69) is 49.3 Å². The van der Waals surface area contributed by atoms with Crippen molar-refractivity contribution < 1.29 is 0 Å². The smallest absolute Gasteiger partial charge is 0.0233 e. The zero-order valence-corrected chi connectivity index (χ0v) is 13.2. The molecule has 3 heteroatoms. The van der Waals surface area contributed by atoms with Gasteiger partial charge in [0.2, 0.25) is 0 Å². The third kappa shape index (κ3) is 5.13. The van der Waals surface area contributed by atoms with Gasteiger partial charge in [0.1, 0.15) is 0 Å². The van der Waals surface area contributed by atoms with Gasteiger partial charge in [-0.2, -0.15) is 0 Å². The van der Waals surface area contributed by atoms with Gasteiger partial charge in [-0.05, 0) is 63.9 Å². The highest BCUT2D eigenvalue weighted by Gasteiger charge is 2.15. The van der Waals surface area contributed by atoms with E-state index >= 15 is 0 Å². The van der Waals surface area contributed by atoms with Gasteiger partial charge in [0.25, 0.3) is 0 Å². The maximum Gasteiger partial charge on any atom is 0.0233 e. The van der Waals surface area contributed by atoms with Gasteiger partial charge in [-0.15, -0.1) is 12.4 Å². The van der Waals surface area contributed by atoms with Crippen molar-refractivity contribution >= 4 is 12.4 Å². The minimum atomic E-state index is 0. The lowest BCUT2D eigenvalue weighted by Gasteiger charge is -2.28. The van der Waals surface area contributed by atoms with Crippen molar-refractivity contribution in [1.29, 1.82) is 0 Å². The van der Waals surface area contributed by atoms with Crippen LogP contribution in [0, 0.1) is 19.8 Å². The lowest BCUT2D eigenvalue weighted by molar-refractivity contribution is 0.234. The minimum absolute atomic E-state index is 0. The van der Waals surface area contributed by atoms with Crippen molar-refractivity contribution in [3.8, 4) is 0 Å². The Morgan fingerprint density at radius 2 is 1.89 bits per heavy atom. The monoisotopic (exact) mass is 282 g/mol. The molecule has 19 heavy (non-hydrogen) atoms. The maximum absolute atomic E-state index is 3.44. The van der Waals surface area contributed by atoms with Gasteiger partial charge in [0.05, 0.1) is 0 Å². The van der Waals surface area contributed by atoms with Gasteiger partial charge in [-0.3, -0.25) is 0 Å². The molecule has 1 heterocycles. The molecule has 2 nitrogen and oxygen atoms in total. The molecule has 0 saturated carbocycles. The second kappa shape index (κ2) is 7.88. The number of nitrogens with one attached hydrogen (secondary N) is 1. The highest BCUT2D eigenvalue weighted by molar-refractivity contribution is 5.85. The molecular weight excluding hydrogens is 256 g/mol. The van der Waals surface area contributed by atoms with E-state index in [9.17, 15) is 0 Å². The number of nitrogens with zero attached hydrogens (tertiary/aromatic N) is 1. The second-order valence-corrected chi connectivity index (χ2v) is 5.82. The molecule has 1 aliphatic heterocycles. The summed E-state index contributed by atoms with van der Waals surface area (Å²) in [6.07, 6.45) is 2.66. The molecular formula is C16H27ClN2. The highest BCUT2D eigenvalue weighted by Crippen LogP contribution is 2.16. The number of piperidine rings is 1. The predicted octanol–water partition coefficient (Wildman–Crippen LogP) is 3.16. The van der Waals surface area contributed by atoms with E-state index in [0.717, 1.165) is 12.5 Å². The first kappa shape index (κ1) is 16.5. The van der Waals surface area contributed by atoms with Crippen LogP contribution in [0.5, 0.6) is 0 Å². The van der Waals surface area contributed by atoms with Gasteiger partial charge in [-0.25, -0.2) is 0 Å². The molecule has 1 saturated heterocycles. The Bertz CT molecular complexity index is 386. The number of benzene rings is 1. The Hall–Kier alpha value is -0.570. The molecule has 1 aromatic rings. The van der Waals surface area contributed by atoms with Crippen molar-refractivity contribution in [2.45, 2.75) is 33.2 Å². The molecule has 0 unspecified atom stereocenters. The molecule has 0 amide bonds. The molecule has 0 radical (unpaired) electrons. The standard InChI is InChI=1S/C16H26N2.ClH/c1-13-4-5-14(2)16(10-13)12-18(3)11-15-6-8-17-9-7-15;/h4-5,10,15,17H,6-9,11-12H2,1-3H3;1H. The SMILES string of the molecule is Cc1ccc(C)c(CN(C)CC2CCNCC2)c1.Cl. The molecule has 0 spiro atoms. The first-order valence-electron chi connectivity index (χ1n) is 7.10. The van der Waals surface area contributed by atoms with E-state index in [1.54, 1.807) is 0 Å². The summed E-state index contributed by atoms with van der Waals surface area (Å²) >= 11 is 0. The molecule has 2 rings (SSSR count). The number of hydrogen-bond acceptors (Lipinski definition) is 2. The summed E-state index contributed by atoms with van der Waals surface area (Å²) in [6, 6.07) is 6.77. The first-order chi connectivity index (χ1) is 8.65. The average Bonchev–Trinajstić information content (AvgIpc) is 2.35. The third-order valence-corrected chi connectivity index (χ3v) is 3.97. The number of hydrogen-bond donors (Lipinski definition) is 1. The summed E-state index contributed by atoms with van der Waals surface area (Å²) in [5, 5.41) is 3.44. The number of rotatable bonds is 4. The van der Waals surface area contributed by atoms with Crippen LogP contribution in [0.3, 0.4) is 0 Å². The molecule has 1 aliphatic rings. The predicted molar refractivity (Wildman–Crippen MR) is 85.1 cm³/mol. The van der Waals surface area contributed by atoms with Crippen LogP contribution < -0.4 is 5.32 Å². The lowest BCUT2D eigenvalue weighted by Crippen LogP contribution is -2.34. The van der Waals surface area contributed by atoms with Crippen molar-refractivity contribution in [1.82, 2.24) is 10.2 Å². The highest BCUT2D eigenvalue weighted by atomic mass is 35.5. The molecule has 0 atom stereocenters. The second-order valence-electron chi connectivity index (χ2n) is 5.82. The Balaban J connectivity index is 0.00000180. The molecule has 1 fully saturated rings. The van der Waals surface area contributed by atoms with E-state index in [1.165, 1.54) is 49.2 Å². The summed E-state index contributed by atoms with van der Waals surface area (Å²) in [4.78, 5) is 2.48. The van der Waals surface area contributed by atoms with Gasteiger partial charge < -0.3 is 10.2 Å². The fraction of sp³-hybridized carbons (Fsp3) is 0.625. The first-order valence-corrected chi connectivity index (χ1v) is 7.10. The van der Waals surface area contributed by atoms with E-state index < -0.39 is 0 Å². The van der Waals surface area contributed by atoms with Crippen LogP contribution in [-0.4, -0.2) is 31.6 Å². The summed E-state index contributed by atoms with van der Waals surface area (Å²) < 4.78 is 0. The minimum Gasteiger partial charge on any atom is -0.317 e. The van der Waals surface area contributed by atoms with E-state index in [0.29, 0.717) is 0 Å². The molecule has 0 bridgehead atoms. The Morgan fingerprint density at radius 1 is 1.21 bits per heavy atom. The largest absolute Gasteiger partial charge is 0.317 e. The van der Waals surface area contributed by atoms with Crippen molar-refractivity contribution in [2.24, 2.45) is 5.92 Å². The third-order valence-electron chi connectivity index (χ3n) is 3.97. The lowest BCUT2D eigenvalue weighted by atomic mass is 9.97. The molecule has 0 aromatic heterocycles. The summed E-state index contributed by atoms with van der Waals surface area (Å²) in [5.74, 6) is 0.876. The van der Waals surface area contributed by atoms with Gasteiger partial charge in [0, 0.05) is 13.1 Å². The summed E-state index contributed by atoms with van der Waals surface area (Å²) in [5.41, 5.74) is 4.26. The molecule has 108 valence electrons. The molecule has 0 aliphatic carbocycles. The Morgan fingerprint density at radius 3 is 2.58 bits per heavy atom. The van der Waals surface area contributed by atoms with Gasteiger partial charge in [0.15, 0.2) is 0 Å². The van der Waals surface area contributed by atoms with Crippen LogP contribution in [0.1, 0.15) is 29.5 Å². The van der Waals surface area contributed by atoms with Crippen LogP contribution >= 0.6 is 12.4 Å². The van der Waals surface area contributed by atoms with Crippen LogP contribution in [0.15, 0.2) is 18.2 Å². The number of aryl methyl sites for hydroxylation is 2. The molecule has 1 aromatic carbocycles. The number of halogens is 1. The van der Waals surface area contributed by atoms with Crippen LogP contribution in [0.25, 0.3) is 0 Å². The van der Waals surface area contributed by atoms with Gasteiger partial charge in [-0.1, -0.05) is 23.8 Å². The van der Waals surface area contributed by atoms with Crippen LogP contribution in [-0.2, 0) is 6.54 Å². The van der Waals surface area contributed by atoms with Crippen LogP contribution in [0.2, 0.25) is 0 Å². The summed E-state index contributed by atoms with van der Waals surface area (Å²) in [7, 11) is 2.25. The topological polar surface area (TPSA) is 15.3 Å². The van der Waals surface area contributed by atoms with Crippen molar-refractivity contribution in [2.75, 3.05) is 26.7 Å². The zero-order chi connectivity index (χ0) is 13.0. The fourth-order valence-corrected chi connectivity index (χ4v) is 2.83. The van der Waals surface area contributed by atoms with Gasteiger partial charge >= 0.3 is 0 Å². The van der Waals surface area contributed by atoms with Crippen molar-refractivity contribution in [3.05, 3.63) is 34.9 Å². The van der Waals surface area contributed by atoms with Crippen LogP contribution in [0.4, 0.5) is 0 Å².